The first-order valence-electron chi connectivity index (χ1n) is 8.99. The summed E-state index contributed by atoms with van der Waals surface area (Å²) in [7, 11) is 0. The smallest absolute Gasteiger partial charge is 0.267 e. The molecular weight excluding hydrogens is 368 g/mol. The summed E-state index contributed by atoms with van der Waals surface area (Å²) < 4.78 is 0. The van der Waals surface area contributed by atoms with Crippen LogP contribution < -0.4 is 0 Å². The molecule has 0 aliphatic carbocycles. The predicted molar refractivity (Wildman–Crippen MR) is 110 cm³/mol. The lowest BCUT2D eigenvalue weighted by molar-refractivity contribution is 0.0711. The van der Waals surface area contributed by atoms with Gasteiger partial charge in [0, 0.05) is 29.9 Å². The highest BCUT2D eigenvalue weighted by molar-refractivity contribution is 7.08. The molecule has 0 N–H and O–H groups in total. The SMILES string of the molecule is O=C(c1ccccc1)N1N=C(c2ccsc2)C[C@@H]1c1ccc2nccnc2c1. The van der Waals surface area contributed by atoms with Crippen molar-refractivity contribution < 1.29 is 4.79 Å². The number of thiophene rings is 1. The molecule has 2 aromatic carbocycles. The highest BCUT2D eigenvalue weighted by atomic mass is 32.1. The van der Waals surface area contributed by atoms with Crippen LogP contribution in [0.25, 0.3) is 11.0 Å². The second-order valence-corrected chi connectivity index (χ2v) is 7.38. The molecule has 1 atom stereocenters. The van der Waals surface area contributed by atoms with Crippen LogP contribution in [0.5, 0.6) is 0 Å². The molecule has 1 aliphatic rings. The van der Waals surface area contributed by atoms with Crippen molar-refractivity contribution in [1.82, 2.24) is 15.0 Å². The fraction of sp³-hybridized carbons (Fsp3) is 0.0909. The number of fused-ring (bicyclic) bond motifs is 1. The second-order valence-electron chi connectivity index (χ2n) is 6.60. The van der Waals surface area contributed by atoms with E-state index in [4.69, 9.17) is 5.10 Å². The number of hydrogen-bond acceptors (Lipinski definition) is 5. The highest BCUT2D eigenvalue weighted by Crippen LogP contribution is 2.35. The van der Waals surface area contributed by atoms with E-state index in [-0.39, 0.29) is 11.9 Å². The molecule has 0 fully saturated rings. The van der Waals surface area contributed by atoms with Gasteiger partial charge in [-0.05, 0) is 46.7 Å². The summed E-state index contributed by atoms with van der Waals surface area (Å²) >= 11 is 1.63. The Morgan fingerprint density at radius 2 is 1.82 bits per heavy atom. The molecule has 2 aromatic heterocycles. The third kappa shape index (κ3) is 2.97. The van der Waals surface area contributed by atoms with E-state index in [0.717, 1.165) is 27.9 Å². The quantitative estimate of drug-likeness (QED) is 0.515. The zero-order valence-electron chi connectivity index (χ0n) is 14.9. The van der Waals surface area contributed by atoms with E-state index in [0.29, 0.717) is 12.0 Å². The van der Waals surface area contributed by atoms with Crippen molar-refractivity contribution in [3.05, 3.63) is 94.4 Å². The predicted octanol–water partition coefficient (Wildman–Crippen LogP) is 4.68. The third-order valence-corrected chi connectivity index (χ3v) is 5.55. The summed E-state index contributed by atoms with van der Waals surface area (Å²) in [6, 6.07) is 17.1. The number of rotatable bonds is 3. The maximum Gasteiger partial charge on any atom is 0.274 e. The Morgan fingerprint density at radius 1 is 1.00 bits per heavy atom. The first-order chi connectivity index (χ1) is 13.8. The number of aromatic nitrogens is 2. The van der Waals surface area contributed by atoms with Crippen LogP contribution in [0.4, 0.5) is 0 Å². The van der Waals surface area contributed by atoms with E-state index < -0.39 is 0 Å². The largest absolute Gasteiger partial charge is 0.274 e. The minimum absolute atomic E-state index is 0.102. The maximum absolute atomic E-state index is 13.2. The fourth-order valence-electron chi connectivity index (χ4n) is 3.46. The van der Waals surface area contributed by atoms with Gasteiger partial charge in [-0.3, -0.25) is 14.8 Å². The summed E-state index contributed by atoms with van der Waals surface area (Å²) in [5.74, 6) is -0.102. The van der Waals surface area contributed by atoms with E-state index in [9.17, 15) is 4.79 Å². The number of carbonyl (C=O) groups is 1. The zero-order valence-corrected chi connectivity index (χ0v) is 15.7. The number of carbonyl (C=O) groups excluding carboxylic acids is 1. The van der Waals surface area contributed by atoms with E-state index in [1.54, 1.807) is 28.7 Å². The average Bonchev–Trinajstić information content (AvgIpc) is 3.43. The van der Waals surface area contributed by atoms with Crippen molar-refractivity contribution in [1.29, 1.82) is 0 Å². The average molecular weight is 384 g/mol. The van der Waals surface area contributed by atoms with Crippen LogP contribution in [0.2, 0.25) is 0 Å². The van der Waals surface area contributed by atoms with Crippen LogP contribution in [-0.2, 0) is 0 Å². The van der Waals surface area contributed by atoms with Crippen LogP contribution in [0.3, 0.4) is 0 Å². The second kappa shape index (κ2) is 6.98. The topological polar surface area (TPSA) is 58.5 Å². The number of nitrogens with zero attached hydrogens (tertiary/aromatic N) is 4. The summed E-state index contributed by atoms with van der Waals surface area (Å²) in [4.78, 5) is 21.9. The Kier molecular flexibility index (Phi) is 4.18. The third-order valence-electron chi connectivity index (χ3n) is 4.87. The van der Waals surface area contributed by atoms with Crippen molar-refractivity contribution in [2.24, 2.45) is 5.10 Å². The Balaban J connectivity index is 1.57. The number of amides is 1. The number of benzene rings is 2. The van der Waals surface area contributed by atoms with Gasteiger partial charge in [0.1, 0.15) is 0 Å². The molecule has 4 aromatic rings. The minimum Gasteiger partial charge on any atom is -0.267 e. The van der Waals surface area contributed by atoms with Gasteiger partial charge in [0.2, 0.25) is 0 Å². The Morgan fingerprint density at radius 3 is 2.61 bits per heavy atom. The Labute approximate surface area is 166 Å². The first kappa shape index (κ1) is 16.8. The van der Waals surface area contributed by atoms with Crippen LogP contribution in [-0.4, -0.2) is 26.6 Å². The van der Waals surface area contributed by atoms with Gasteiger partial charge in [0.15, 0.2) is 0 Å². The number of hydrazone groups is 1. The van der Waals surface area contributed by atoms with Crippen molar-refractivity contribution in [2.75, 3.05) is 0 Å². The molecule has 0 radical (unpaired) electrons. The molecule has 0 saturated carbocycles. The molecule has 0 spiro atoms. The Bertz CT molecular complexity index is 1170. The summed E-state index contributed by atoms with van der Waals surface area (Å²) in [5, 5.41) is 10.4. The van der Waals surface area contributed by atoms with Crippen LogP contribution in [0.15, 0.2) is 82.9 Å². The van der Waals surface area contributed by atoms with Gasteiger partial charge < -0.3 is 0 Å². The Hall–Kier alpha value is -3.38. The summed E-state index contributed by atoms with van der Waals surface area (Å²) in [6.07, 6.45) is 4.03. The molecule has 28 heavy (non-hydrogen) atoms. The van der Waals surface area contributed by atoms with Crippen molar-refractivity contribution in [3.8, 4) is 0 Å². The van der Waals surface area contributed by atoms with Gasteiger partial charge in [-0.15, -0.1) is 0 Å². The van der Waals surface area contributed by atoms with E-state index >= 15 is 0 Å². The zero-order chi connectivity index (χ0) is 18.9. The standard InChI is InChI=1S/C22H16N4OS/c27-22(15-4-2-1-3-5-15)26-21(13-19(25-26)17-8-11-28-14-17)16-6-7-18-20(12-16)24-10-9-23-18/h1-12,14,21H,13H2/t21-/m1/s1. The molecule has 1 aliphatic heterocycles. The van der Waals surface area contributed by atoms with Gasteiger partial charge in [0.25, 0.3) is 5.91 Å². The van der Waals surface area contributed by atoms with E-state index in [1.165, 1.54) is 0 Å². The molecule has 3 heterocycles. The van der Waals surface area contributed by atoms with Crippen molar-refractivity contribution >= 4 is 34.0 Å². The molecule has 5 rings (SSSR count). The highest BCUT2D eigenvalue weighted by Gasteiger charge is 2.34. The minimum atomic E-state index is -0.172. The van der Waals surface area contributed by atoms with Gasteiger partial charge in [-0.2, -0.15) is 16.4 Å². The van der Waals surface area contributed by atoms with E-state index in [1.807, 2.05) is 60.0 Å². The lowest BCUT2D eigenvalue weighted by atomic mass is 9.98. The fourth-order valence-corrected chi connectivity index (χ4v) is 4.13. The summed E-state index contributed by atoms with van der Waals surface area (Å²) in [6.45, 7) is 0. The van der Waals surface area contributed by atoms with Gasteiger partial charge >= 0.3 is 0 Å². The molecular formula is C22H16N4OS. The van der Waals surface area contributed by atoms with Crippen LogP contribution in [0.1, 0.15) is 33.9 Å². The maximum atomic E-state index is 13.2. The molecule has 1 amide bonds. The van der Waals surface area contributed by atoms with Crippen LogP contribution in [0, 0.1) is 0 Å². The number of hydrogen-bond donors (Lipinski definition) is 0. The monoisotopic (exact) mass is 384 g/mol. The summed E-state index contributed by atoms with van der Waals surface area (Å²) in [5.41, 5.74) is 5.28. The van der Waals surface area contributed by atoms with Crippen molar-refractivity contribution in [3.63, 3.8) is 0 Å². The lowest BCUT2D eigenvalue weighted by Crippen LogP contribution is -2.27. The first-order valence-corrected chi connectivity index (χ1v) is 9.93. The van der Waals surface area contributed by atoms with Crippen molar-refractivity contribution in [2.45, 2.75) is 12.5 Å². The normalized spacial score (nSPS) is 16.4. The molecule has 5 nitrogen and oxygen atoms in total. The molecule has 6 heteroatoms. The molecule has 0 bridgehead atoms. The molecule has 0 saturated heterocycles. The van der Waals surface area contributed by atoms with Gasteiger partial charge in [-0.1, -0.05) is 24.3 Å². The molecule has 136 valence electrons. The lowest BCUT2D eigenvalue weighted by Gasteiger charge is -2.22. The molecule has 0 unspecified atom stereocenters. The van der Waals surface area contributed by atoms with E-state index in [2.05, 4.69) is 15.3 Å². The van der Waals surface area contributed by atoms with Crippen LogP contribution >= 0.6 is 11.3 Å². The van der Waals surface area contributed by atoms with Gasteiger partial charge in [0.05, 0.1) is 22.8 Å². The van der Waals surface area contributed by atoms with Gasteiger partial charge in [-0.25, -0.2) is 5.01 Å².